The first-order valence-corrected chi connectivity index (χ1v) is 14.5. The number of carbonyl (C=O) groups is 2. The molecule has 3 aromatic rings. The molecule has 3 N–H and O–H groups in total. The lowest BCUT2D eigenvalue weighted by atomic mass is 10.0. The molecule has 0 bridgehead atoms. The Morgan fingerprint density at radius 1 is 0.977 bits per heavy atom. The Morgan fingerprint density at radius 2 is 1.70 bits per heavy atom. The average molecular weight is 600 g/mol. The molecular weight excluding hydrogens is 559 g/mol. The monoisotopic (exact) mass is 599 g/mol. The van der Waals surface area contributed by atoms with Gasteiger partial charge in [0.1, 0.15) is 6.04 Å². The lowest BCUT2D eigenvalue weighted by molar-refractivity contribution is -0.137. The van der Waals surface area contributed by atoms with E-state index in [2.05, 4.69) is 16.0 Å². The molecule has 0 saturated carbocycles. The number of carbonyl (C=O) groups excluding carboxylic acids is 2. The maximum absolute atomic E-state index is 13.7. The number of likely N-dealkylation sites (N-methyl/N-ethyl adjacent to an activating group) is 1. The van der Waals surface area contributed by atoms with Gasteiger partial charge in [0.2, 0.25) is 11.8 Å². The van der Waals surface area contributed by atoms with Crippen molar-refractivity contribution in [2.75, 3.05) is 58.4 Å². The van der Waals surface area contributed by atoms with E-state index >= 15 is 0 Å². The first kappa shape index (κ1) is 32.2. The summed E-state index contributed by atoms with van der Waals surface area (Å²) in [5.74, 6) is -0.454. The van der Waals surface area contributed by atoms with Gasteiger partial charge in [-0.2, -0.15) is 13.2 Å². The summed E-state index contributed by atoms with van der Waals surface area (Å²) in [5, 5.41) is 11.1. The molecule has 3 aromatic carbocycles. The van der Waals surface area contributed by atoms with Crippen LogP contribution in [0.5, 0.6) is 0 Å². The number of hydrogen-bond acceptors (Lipinski definition) is 6. The summed E-state index contributed by atoms with van der Waals surface area (Å²) in [7, 11) is 3.25. The molecule has 8 nitrogen and oxygen atoms in total. The van der Waals surface area contributed by atoms with Crippen LogP contribution < -0.4 is 20.9 Å². The maximum Gasteiger partial charge on any atom is 0.416 e. The van der Waals surface area contributed by atoms with Crippen LogP contribution in [0.4, 0.5) is 18.9 Å². The van der Waals surface area contributed by atoms with E-state index in [0.29, 0.717) is 50.5 Å². The van der Waals surface area contributed by atoms with Gasteiger partial charge in [0, 0.05) is 58.0 Å². The van der Waals surface area contributed by atoms with Crippen molar-refractivity contribution in [2.24, 2.45) is 0 Å². The number of nitrogens with one attached hydrogen (secondary N) is 3. The normalized spacial score (nSPS) is 15.4. The highest BCUT2D eigenvalue weighted by Crippen LogP contribution is 2.33. The summed E-state index contributed by atoms with van der Waals surface area (Å²) in [6, 6.07) is 17.0. The van der Waals surface area contributed by atoms with Crippen molar-refractivity contribution < 1.29 is 27.5 Å². The minimum Gasteiger partial charge on any atom is -0.383 e. The third kappa shape index (κ3) is 8.68. The van der Waals surface area contributed by atoms with Crippen LogP contribution in [0.1, 0.15) is 23.6 Å². The van der Waals surface area contributed by atoms with E-state index in [0.717, 1.165) is 22.4 Å². The standard InChI is InChI=1S/C32H40F3N5O3/c1-22(21-43-3)37-19-26-18-27(32(33,34)35)10-11-29(26)39-12-14-40(15-13-39)31(42)28(38-30(41)20-36-2)17-23-8-9-24-6-4-5-7-25(24)16-23/h4-11,16,18,22,28,36-37H,12-15,17,19-21H2,1-3H3,(H,38,41). The van der Waals surface area contributed by atoms with Gasteiger partial charge in [-0.05, 0) is 54.1 Å². The van der Waals surface area contributed by atoms with Crippen molar-refractivity contribution in [1.82, 2.24) is 20.9 Å². The second kappa shape index (κ2) is 14.7. The summed E-state index contributed by atoms with van der Waals surface area (Å²) >= 11 is 0. The van der Waals surface area contributed by atoms with Gasteiger partial charge in [0.05, 0.1) is 18.7 Å². The number of ether oxygens (including phenoxy) is 1. The maximum atomic E-state index is 13.7. The molecule has 1 saturated heterocycles. The Bertz CT molecular complexity index is 1390. The zero-order valence-corrected chi connectivity index (χ0v) is 24.8. The van der Waals surface area contributed by atoms with Crippen LogP contribution in [-0.4, -0.2) is 82.3 Å². The Hall–Kier alpha value is -3.67. The fourth-order valence-electron chi connectivity index (χ4n) is 5.40. The van der Waals surface area contributed by atoms with E-state index in [1.165, 1.54) is 12.1 Å². The predicted octanol–water partition coefficient (Wildman–Crippen LogP) is 3.58. The van der Waals surface area contributed by atoms with Crippen molar-refractivity contribution in [3.05, 3.63) is 77.4 Å². The SMILES string of the molecule is CNCC(=O)NC(Cc1ccc2ccccc2c1)C(=O)N1CCN(c2ccc(C(F)(F)F)cc2CNC(C)COC)CC1. The summed E-state index contributed by atoms with van der Waals surface area (Å²) in [4.78, 5) is 30.0. The second-order valence-corrected chi connectivity index (χ2v) is 10.9. The summed E-state index contributed by atoms with van der Waals surface area (Å²) in [6.45, 7) is 4.32. The van der Waals surface area contributed by atoms with Crippen molar-refractivity contribution >= 4 is 28.3 Å². The quantitative estimate of drug-likeness (QED) is 0.295. The lowest BCUT2D eigenvalue weighted by Crippen LogP contribution is -2.56. The number of piperazine rings is 1. The summed E-state index contributed by atoms with van der Waals surface area (Å²) in [5.41, 5.74) is 1.47. The minimum absolute atomic E-state index is 0.0421. The average Bonchev–Trinajstić information content (AvgIpc) is 2.99. The number of alkyl halides is 3. The number of anilines is 1. The first-order chi connectivity index (χ1) is 20.6. The molecule has 1 aliphatic heterocycles. The zero-order valence-electron chi connectivity index (χ0n) is 24.8. The van der Waals surface area contributed by atoms with Crippen LogP contribution in [-0.2, 0) is 33.5 Å². The van der Waals surface area contributed by atoms with Gasteiger partial charge >= 0.3 is 6.18 Å². The van der Waals surface area contributed by atoms with E-state index in [1.54, 1.807) is 19.1 Å². The largest absolute Gasteiger partial charge is 0.416 e. The molecule has 1 heterocycles. The van der Waals surface area contributed by atoms with Gasteiger partial charge < -0.3 is 30.5 Å². The molecule has 0 radical (unpaired) electrons. The van der Waals surface area contributed by atoms with E-state index in [-0.39, 0.29) is 30.9 Å². The molecule has 0 aliphatic carbocycles. The highest BCUT2D eigenvalue weighted by molar-refractivity contribution is 5.89. The van der Waals surface area contributed by atoms with Crippen LogP contribution in [0, 0.1) is 0 Å². The van der Waals surface area contributed by atoms with Gasteiger partial charge in [-0.3, -0.25) is 9.59 Å². The summed E-state index contributed by atoms with van der Waals surface area (Å²) < 4.78 is 45.7. The fraction of sp³-hybridized carbons (Fsp3) is 0.438. The van der Waals surface area contributed by atoms with Crippen LogP contribution >= 0.6 is 0 Å². The molecule has 2 atom stereocenters. The third-order valence-electron chi connectivity index (χ3n) is 7.62. The Labute approximate surface area is 250 Å². The van der Waals surface area contributed by atoms with Crippen molar-refractivity contribution in [3.63, 3.8) is 0 Å². The number of hydrogen-bond donors (Lipinski definition) is 3. The molecule has 232 valence electrons. The number of nitrogens with zero attached hydrogens (tertiary/aromatic N) is 2. The number of halogens is 3. The van der Waals surface area contributed by atoms with E-state index in [4.69, 9.17) is 4.74 Å². The lowest BCUT2D eigenvalue weighted by Gasteiger charge is -2.38. The van der Waals surface area contributed by atoms with Gasteiger partial charge in [-0.1, -0.05) is 42.5 Å². The van der Waals surface area contributed by atoms with Gasteiger partial charge in [0.25, 0.3) is 0 Å². The third-order valence-corrected chi connectivity index (χ3v) is 7.62. The van der Waals surface area contributed by atoms with Crippen molar-refractivity contribution in [2.45, 2.75) is 38.1 Å². The van der Waals surface area contributed by atoms with Gasteiger partial charge in [-0.25, -0.2) is 0 Å². The number of benzene rings is 3. The molecule has 4 rings (SSSR count). The minimum atomic E-state index is -4.45. The zero-order chi connectivity index (χ0) is 31.0. The van der Waals surface area contributed by atoms with Gasteiger partial charge in [-0.15, -0.1) is 0 Å². The van der Waals surface area contributed by atoms with Crippen LogP contribution in [0.25, 0.3) is 10.8 Å². The number of amides is 2. The molecule has 2 amide bonds. The molecular formula is C32H40F3N5O3. The molecule has 1 aliphatic rings. The molecule has 0 spiro atoms. The highest BCUT2D eigenvalue weighted by atomic mass is 19.4. The Kier molecular flexibility index (Phi) is 11.0. The smallest absolute Gasteiger partial charge is 0.383 e. The topological polar surface area (TPSA) is 85.9 Å². The number of rotatable bonds is 12. The molecule has 2 unspecified atom stereocenters. The Balaban J connectivity index is 1.48. The molecule has 43 heavy (non-hydrogen) atoms. The molecule has 11 heteroatoms. The Morgan fingerprint density at radius 3 is 2.37 bits per heavy atom. The summed E-state index contributed by atoms with van der Waals surface area (Å²) in [6.07, 6.45) is -4.11. The number of fused-ring (bicyclic) bond motifs is 1. The highest BCUT2D eigenvalue weighted by Gasteiger charge is 2.33. The van der Waals surface area contributed by atoms with Crippen LogP contribution in [0.3, 0.4) is 0 Å². The van der Waals surface area contributed by atoms with Crippen LogP contribution in [0.2, 0.25) is 0 Å². The van der Waals surface area contributed by atoms with E-state index < -0.39 is 17.8 Å². The van der Waals surface area contributed by atoms with Crippen molar-refractivity contribution in [1.29, 1.82) is 0 Å². The molecule has 1 fully saturated rings. The van der Waals surface area contributed by atoms with Gasteiger partial charge in [0.15, 0.2) is 0 Å². The van der Waals surface area contributed by atoms with E-state index in [9.17, 15) is 22.8 Å². The number of methoxy groups -OCH3 is 1. The van der Waals surface area contributed by atoms with Crippen molar-refractivity contribution in [3.8, 4) is 0 Å². The fourth-order valence-corrected chi connectivity index (χ4v) is 5.40. The van der Waals surface area contributed by atoms with E-state index in [1.807, 2.05) is 54.3 Å². The first-order valence-electron chi connectivity index (χ1n) is 14.5. The second-order valence-electron chi connectivity index (χ2n) is 10.9. The molecule has 0 aromatic heterocycles. The van der Waals surface area contributed by atoms with Crippen LogP contribution in [0.15, 0.2) is 60.7 Å². The predicted molar refractivity (Wildman–Crippen MR) is 162 cm³/mol.